The molecule has 0 saturated carbocycles. The molecule has 0 bridgehead atoms. The topological polar surface area (TPSA) is 99.5 Å². The van der Waals surface area contributed by atoms with Gasteiger partial charge in [-0.2, -0.15) is 0 Å². The second-order valence-corrected chi connectivity index (χ2v) is 12.7. The number of methoxy groups -OCH3 is 2. The van der Waals surface area contributed by atoms with Crippen LogP contribution in [0.4, 0.5) is 8.78 Å². The van der Waals surface area contributed by atoms with Crippen molar-refractivity contribution in [2.75, 3.05) is 41.4 Å². The summed E-state index contributed by atoms with van der Waals surface area (Å²) in [4.78, 5) is 25.5. The highest BCUT2D eigenvalue weighted by Crippen LogP contribution is 2.40. The van der Waals surface area contributed by atoms with E-state index < -0.39 is 23.6 Å². The Labute approximate surface area is 292 Å². The average Bonchev–Trinajstić information content (AvgIpc) is 3.06. The van der Waals surface area contributed by atoms with Crippen molar-refractivity contribution in [1.82, 2.24) is 9.80 Å². The summed E-state index contributed by atoms with van der Waals surface area (Å²) in [5.41, 5.74) is 7.63. The van der Waals surface area contributed by atoms with Gasteiger partial charge in [0.1, 0.15) is 23.1 Å². The smallest absolute Gasteiger partial charge is 0.303 e. The van der Waals surface area contributed by atoms with Crippen LogP contribution < -0.4 is 9.47 Å². The van der Waals surface area contributed by atoms with Gasteiger partial charge in [0.25, 0.3) is 0 Å². The average molecular weight is 689 g/mol. The molecule has 0 aliphatic heterocycles. The highest BCUT2D eigenvalue weighted by molar-refractivity contribution is 5.84. The molecule has 0 aromatic heterocycles. The molecule has 0 spiro atoms. The lowest BCUT2D eigenvalue weighted by atomic mass is 9.87. The van der Waals surface area contributed by atoms with Crippen LogP contribution >= 0.6 is 0 Å². The van der Waals surface area contributed by atoms with E-state index in [0.717, 1.165) is 33.4 Å². The van der Waals surface area contributed by atoms with E-state index in [4.69, 9.17) is 19.7 Å². The summed E-state index contributed by atoms with van der Waals surface area (Å²) in [6.07, 6.45) is 1.02. The zero-order chi connectivity index (χ0) is 36.5. The van der Waals surface area contributed by atoms with Crippen molar-refractivity contribution in [2.24, 2.45) is 0 Å². The predicted molar refractivity (Wildman–Crippen MR) is 192 cm³/mol. The molecule has 2 N–H and O–H groups in total. The third kappa shape index (κ3) is 9.25. The summed E-state index contributed by atoms with van der Waals surface area (Å²) in [5, 5.41) is 17.9. The van der Waals surface area contributed by atoms with Crippen molar-refractivity contribution in [3.8, 4) is 44.9 Å². The van der Waals surface area contributed by atoms with Crippen LogP contribution in [0.1, 0.15) is 47.9 Å². The Bertz CT molecular complexity index is 1710. The van der Waals surface area contributed by atoms with Crippen molar-refractivity contribution in [3.63, 3.8) is 0 Å². The van der Waals surface area contributed by atoms with Crippen LogP contribution in [0.5, 0.6) is 11.5 Å². The molecule has 0 amide bonds. The fourth-order valence-electron chi connectivity index (χ4n) is 6.38. The summed E-state index contributed by atoms with van der Waals surface area (Å²) in [6, 6.07) is 18.5. The quantitative estimate of drug-likeness (QED) is 0.115. The van der Waals surface area contributed by atoms with Crippen molar-refractivity contribution in [1.29, 1.82) is 0 Å². The molecule has 266 valence electrons. The number of carbonyl (C=O) groups is 2. The number of carboxylic acids is 2. The molecule has 50 heavy (non-hydrogen) atoms. The monoisotopic (exact) mass is 688 g/mol. The Balaban J connectivity index is 1.65. The van der Waals surface area contributed by atoms with Gasteiger partial charge in [0.05, 0.1) is 14.2 Å². The van der Waals surface area contributed by atoms with E-state index in [2.05, 4.69) is 0 Å². The van der Waals surface area contributed by atoms with Gasteiger partial charge in [-0.25, -0.2) is 8.78 Å². The number of hydrogen-bond donors (Lipinski definition) is 2. The predicted octanol–water partition coefficient (Wildman–Crippen LogP) is 8.19. The molecule has 4 aromatic rings. The van der Waals surface area contributed by atoms with E-state index in [9.17, 15) is 9.59 Å². The Morgan fingerprint density at radius 1 is 0.640 bits per heavy atom. The second kappa shape index (κ2) is 17.2. The van der Waals surface area contributed by atoms with Crippen molar-refractivity contribution < 1.29 is 38.1 Å². The summed E-state index contributed by atoms with van der Waals surface area (Å²) < 4.78 is 42.6. The van der Waals surface area contributed by atoms with Crippen molar-refractivity contribution >= 4 is 11.9 Å². The van der Waals surface area contributed by atoms with E-state index in [1.807, 2.05) is 86.3 Å². The lowest BCUT2D eigenvalue weighted by molar-refractivity contribution is -0.138. The standard InChI is InChI=1S/C40H46F2N2O6/c1-25-29(27-19-35(41)33(37(21-27)49-5)23-43(3)17-9-15-39(45)46)11-7-13-31(25)32-14-8-12-30(26(32)2)28-20-36(42)34(38(22-28)50-6)24-44(4)18-10-16-40(47)48/h7-8,11-14,19-22H,9-10,15-18,23-24H2,1-6H3,(H,45,46)(H,47,48). The van der Waals surface area contributed by atoms with Gasteiger partial charge in [-0.05, 0) is 123 Å². The molecule has 0 fully saturated rings. The van der Waals surface area contributed by atoms with Crippen molar-refractivity contribution in [3.05, 3.63) is 94.6 Å². The zero-order valence-corrected chi connectivity index (χ0v) is 29.6. The molecule has 0 aliphatic rings. The van der Waals surface area contributed by atoms with Gasteiger partial charge in [-0.1, -0.05) is 36.4 Å². The molecule has 4 aromatic carbocycles. The van der Waals surface area contributed by atoms with Crippen LogP contribution in [0, 0.1) is 25.5 Å². The first-order chi connectivity index (χ1) is 23.8. The first kappa shape index (κ1) is 38.0. The van der Waals surface area contributed by atoms with Crippen LogP contribution in [-0.2, 0) is 22.7 Å². The molecule has 10 heteroatoms. The minimum absolute atomic E-state index is 0.0505. The highest BCUT2D eigenvalue weighted by Gasteiger charge is 2.20. The normalized spacial score (nSPS) is 11.3. The molecule has 0 heterocycles. The molecule has 0 aliphatic carbocycles. The van der Waals surface area contributed by atoms with Gasteiger partial charge in [-0.3, -0.25) is 9.59 Å². The van der Waals surface area contributed by atoms with E-state index in [1.54, 1.807) is 0 Å². The highest BCUT2D eigenvalue weighted by atomic mass is 19.1. The lowest BCUT2D eigenvalue weighted by Crippen LogP contribution is -2.21. The molecule has 4 rings (SSSR count). The van der Waals surface area contributed by atoms with Gasteiger partial charge in [0.2, 0.25) is 0 Å². The number of hydrogen-bond acceptors (Lipinski definition) is 6. The van der Waals surface area contributed by atoms with Gasteiger partial charge in [0, 0.05) is 37.1 Å². The maximum Gasteiger partial charge on any atom is 0.303 e. The minimum atomic E-state index is -0.860. The van der Waals surface area contributed by atoms with E-state index in [1.165, 1.54) is 26.4 Å². The van der Waals surface area contributed by atoms with Gasteiger partial charge < -0.3 is 29.5 Å². The maximum atomic E-state index is 15.7. The maximum absolute atomic E-state index is 15.7. The van der Waals surface area contributed by atoms with Crippen LogP contribution in [0.3, 0.4) is 0 Å². The zero-order valence-electron chi connectivity index (χ0n) is 29.6. The molecule has 8 nitrogen and oxygen atoms in total. The molecule has 0 radical (unpaired) electrons. The second-order valence-electron chi connectivity index (χ2n) is 12.7. The summed E-state index contributed by atoms with van der Waals surface area (Å²) in [7, 11) is 6.67. The summed E-state index contributed by atoms with van der Waals surface area (Å²) in [5.74, 6) is -1.70. The Morgan fingerprint density at radius 2 is 1.00 bits per heavy atom. The largest absolute Gasteiger partial charge is 0.496 e. The molecule has 0 unspecified atom stereocenters. The molecule has 0 atom stereocenters. The summed E-state index contributed by atoms with van der Waals surface area (Å²) >= 11 is 0. The molecular formula is C40H46F2N2O6. The first-order valence-corrected chi connectivity index (χ1v) is 16.6. The molecule has 0 saturated heterocycles. The number of benzene rings is 4. The SMILES string of the molecule is COc1cc(-c2cccc(-c3cccc(-c4cc(F)c(CN(C)CCCC(=O)O)c(OC)c4)c3C)c2C)cc(F)c1CN(C)CCCC(=O)O. The van der Waals surface area contributed by atoms with Crippen LogP contribution in [-0.4, -0.2) is 73.4 Å². The summed E-state index contributed by atoms with van der Waals surface area (Å²) in [6.45, 7) is 5.55. The fourth-order valence-corrected chi connectivity index (χ4v) is 6.38. The van der Waals surface area contributed by atoms with E-state index in [-0.39, 0.29) is 25.9 Å². The Morgan fingerprint density at radius 3 is 1.34 bits per heavy atom. The Kier molecular flexibility index (Phi) is 13.1. The van der Waals surface area contributed by atoms with Gasteiger partial charge in [-0.15, -0.1) is 0 Å². The van der Waals surface area contributed by atoms with Gasteiger partial charge in [0.15, 0.2) is 0 Å². The number of ether oxygens (including phenoxy) is 2. The molecular weight excluding hydrogens is 642 g/mol. The fraction of sp³-hybridized carbons (Fsp3) is 0.350. The number of halogens is 2. The van der Waals surface area contributed by atoms with E-state index >= 15 is 8.78 Å². The van der Waals surface area contributed by atoms with Crippen LogP contribution in [0.25, 0.3) is 33.4 Å². The van der Waals surface area contributed by atoms with Crippen molar-refractivity contribution in [2.45, 2.75) is 52.6 Å². The van der Waals surface area contributed by atoms with Gasteiger partial charge >= 0.3 is 11.9 Å². The van der Waals surface area contributed by atoms with Crippen LogP contribution in [0.2, 0.25) is 0 Å². The Hall–Kier alpha value is -4.80. The lowest BCUT2D eigenvalue weighted by Gasteiger charge is -2.21. The minimum Gasteiger partial charge on any atom is -0.496 e. The number of aliphatic carboxylic acids is 2. The number of rotatable bonds is 17. The number of nitrogens with zero attached hydrogens (tertiary/aromatic N) is 2. The number of carboxylic acid groups (broad SMARTS) is 2. The third-order valence-corrected chi connectivity index (χ3v) is 9.05. The van der Waals surface area contributed by atoms with Crippen LogP contribution in [0.15, 0.2) is 60.7 Å². The van der Waals surface area contributed by atoms with E-state index in [0.29, 0.717) is 59.7 Å². The third-order valence-electron chi connectivity index (χ3n) is 9.05. The first-order valence-electron chi connectivity index (χ1n) is 16.6.